The summed E-state index contributed by atoms with van der Waals surface area (Å²) in [6.45, 7) is 2.37. The lowest BCUT2D eigenvalue weighted by Crippen LogP contribution is -2.61. The quantitative estimate of drug-likeness (QED) is 0.636. The Labute approximate surface area is 193 Å². The van der Waals surface area contributed by atoms with E-state index in [0.29, 0.717) is 0 Å². The van der Waals surface area contributed by atoms with Gasteiger partial charge in [0.2, 0.25) is 5.82 Å². The van der Waals surface area contributed by atoms with Gasteiger partial charge in [0, 0.05) is 17.4 Å². The van der Waals surface area contributed by atoms with Gasteiger partial charge in [-0.05, 0) is 18.6 Å². The van der Waals surface area contributed by atoms with E-state index in [0.717, 1.165) is 31.7 Å². The maximum atomic E-state index is 14.5. The van der Waals surface area contributed by atoms with E-state index in [1.54, 1.807) is 30.3 Å². The van der Waals surface area contributed by atoms with E-state index < -0.39 is 58.5 Å². The van der Waals surface area contributed by atoms with Crippen LogP contribution in [0.15, 0.2) is 42.5 Å². The van der Waals surface area contributed by atoms with E-state index in [4.69, 9.17) is 14.2 Å². The topological polar surface area (TPSA) is 56.8 Å². The Morgan fingerprint density at radius 2 is 1.76 bits per heavy atom. The number of carbonyl (C=O) groups excluding carboxylic acids is 1. The molecule has 2 heterocycles. The van der Waals surface area contributed by atoms with Crippen LogP contribution in [0.3, 0.4) is 0 Å². The van der Waals surface area contributed by atoms with Crippen molar-refractivity contribution in [1.82, 2.24) is 5.32 Å². The number of benzene rings is 2. The van der Waals surface area contributed by atoms with Crippen LogP contribution >= 0.6 is 0 Å². The van der Waals surface area contributed by atoms with Crippen LogP contribution in [0.25, 0.3) is 0 Å². The highest BCUT2D eigenvalue weighted by Gasteiger charge is 2.66. The minimum Gasteiger partial charge on any atom is -0.493 e. The van der Waals surface area contributed by atoms with Crippen molar-refractivity contribution < 1.29 is 41.0 Å². The third kappa shape index (κ3) is 3.73. The lowest BCUT2D eigenvalue weighted by atomic mass is 9.76. The summed E-state index contributed by atoms with van der Waals surface area (Å²) in [7, 11) is 1.08. The maximum absolute atomic E-state index is 14.5. The molecule has 2 aliphatic rings. The lowest BCUT2D eigenvalue weighted by molar-refractivity contribution is -0.272. The minimum atomic E-state index is -4.83. The van der Waals surface area contributed by atoms with Gasteiger partial charge in [0.05, 0.1) is 20.3 Å². The molecule has 34 heavy (non-hydrogen) atoms. The van der Waals surface area contributed by atoms with Crippen molar-refractivity contribution in [2.24, 2.45) is 5.92 Å². The molecule has 0 unspecified atom stereocenters. The zero-order chi connectivity index (χ0) is 24.9. The van der Waals surface area contributed by atoms with Crippen molar-refractivity contribution in [3.8, 4) is 5.75 Å². The van der Waals surface area contributed by atoms with Crippen LogP contribution in [-0.4, -0.2) is 44.1 Å². The molecule has 2 aliphatic heterocycles. The van der Waals surface area contributed by atoms with Crippen LogP contribution in [-0.2, 0) is 19.8 Å². The van der Waals surface area contributed by atoms with E-state index >= 15 is 0 Å². The molecule has 0 radical (unpaired) electrons. The van der Waals surface area contributed by atoms with E-state index in [9.17, 15) is 26.7 Å². The van der Waals surface area contributed by atoms with Crippen LogP contribution in [0, 0.1) is 17.6 Å². The van der Waals surface area contributed by atoms with Crippen molar-refractivity contribution in [2.45, 2.75) is 43.2 Å². The summed E-state index contributed by atoms with van der Waals surface area (Å²) in [5, 5.41) is 2.80. The Hall–Kier alpha value is -2.72. The van der Waals surface area contributed by atoms with Crippen LogP contribution in [0.1, 0.15) is 30.9 Å². The van der Waals surface area contributed by atoms with Gasteiger partial charge in [-0.25, -0.2) is 4.39 Å². The number of hydrogen-bond acceptors (Lipinski definition) is 4. The molecule has 10 heteroatoms. The standard InChI is InChI=1S/C24H24F5NO4/c1-13-17(15-9-10-16(25)18(26)19(15)32-3)20(34-22(13,2)24(27,28)29)21(31)30-23(11-33-12-23)14-7-5-4-6-8-14/h4-10,13,17,20H,11-12H2,1-3H3,(H,30,31)/t13-,17-,20+,22+/m0/s1. The number of methoxy groups -OCH3 is 1. The monoisotopic (exact) mass is 485 g/mol. The predicted octanol–water partition coefficient (Wildman–Crippen LogP) is 4.45. The van der Waals surface area contributed by atoms with Crippen molar-refractivity contribution >= 4 is 5.91 Å². The molecule has 1 amide bonds. The van der Waals surface area contributed by atoms with Gasteiger partial charge in [-0.1, -0.05) is 43.3 Å². The molecule has 1 N–H and O–H groups in total. The summed E-state index contributed by atoms with van der Waals surface area (Å²) >= 11 is 0. The van der Waals surface area contributed by atoms with Gasteiger partial charge in [-0.3, -0.25) is 4.79 Å². The Morgan fingerprint density at radius 1 is 1.12 bits per heavy atom. The summed E-state index contributed by atoms with van der Waals surface area (Å²) < 4.78 is 86.3. The first-order chi connectivity index (χ1) is 15.9. The van der Waals surface area contributed by atoms with E-state index in [2.05, 4.69) is 5.32 Å². The number of rotatable bonds is 5. The highest BCUT2D eigenvalue weighted by atomic mass is 19.4. The molecule has 2 saturated heterocycles. The van der Waals surface area contributed by atoms with E-state index in [1.165, 1.54) is 6.92 Å². The molecule has 0 saturated carbocycles. The summed E-state index contributed by atoms with van der Waals surface area (Å²) in [5.74, 6) is -6.54. The normalized spacial score (nSPS) is 28.3. The highest BCUT2D eigenvalue weighted by Crippen LogP contribution is 2.55. The lowest BCUT2D eigenvalue weighted by Gasteiger charge is -2.43. The molecule has 0 spiro atoms. The first kappa shape index (κ1) is 24.4. The Balaban J connectivity index is 1.76. The molecule has 4 atom stereocenters. The van der Waals surface area contributed by atoms with Crippen molar-refractivity contribution in [2.75, 3.05) is 20.3 Å². The zero-order valence-electron chi connectivity index (χ0n) is 18.7. The third-order valence-electron chi connectivity index (χ3n) is 6.96. The highest BCUT2D eigenvalue weighted by molar-refractivity contribution is 5.84. The third-order valence-corrected chi connectivity index (χ3v) is 6.96. The zero-order valence-corrected chi connectivity index (χ0v) is 18.7. The largest absolute Gasteiger partial charge is 0.493 e. The summed E-state index contributed by atoms with van der Waals surface area (Å²) in [5.41, 5.74) is -3.02. The van der Waals surface area contributed by atoms with Crippen LogP contribution in [0.4, 0.5) is 22.0 Å². The Morgan fingerprint density at radius 3 is 2.29 bits per heavy atom. The number of alkyl halides is 3. The van der Waals surface area contributed by atoms with Crippen LogP contribution in [0.2, 0.25) is 0 Å². The van der Waals surface area contributed by atoms with Crippen molar-refractivity contribution in [3.05, 3.63) is 65.2 Å². The average Bonchev–Trinajstić information content (AvgIpc) is 3.05. The molecule has 2 aromatic carbocycles. The smallest absolute Gasteiger partial charge is 0.417 e. The van der Waals surface area contributed by atoms with Crippen LogP contribution < -0.4 is 10.1 Å². The minimum absolute atomic E-state index is 0.0827. The number of amides is 1. The average molecular weight is 485 g/mol. The first-order valence-electron chi connectivity index (χ1n) is 10.7. The molecule has 5 nitrogen and oxygen atoms in total. The molecular weight excluding hydrogens is 461 g/mol. The van der Waals surface area contributed by atoms with Gasteiger partial charge < -0.3 is 19.5 Å². The first-order valence-corrected chi connectivity index (χ1v) is 10.7. The predicted molar refractivity (Wildman–Crippen MR) is 111 cm³/mol. The van der Waals surface area contributed by atoms with Crippen LogP contribution in [0.5, 0.6) is 5.75 Å². The number of carbonyl (C=O) groups is 1. The second-order valence-corrected chi connectivity index (χ2v) is 8.87. The van der Waals surface area contributed by atoms with Gasteiger partial charge in [0.1, 0.15) is 11.6 Å². The number of nitrogens with one attached hydrogen (secondary N) is 1. The number of halogens is 5. The molecule has 184 valence electrons. The number of ether oxygens (including phenoxy) is 3. The molecule has 0 aromatic heterocycles. The maximum Gasteiger partial charge on any atom is 0.417 e. The Bertz CT molecular complexity index is 1070. The molecular formula is C24H24F5NO4. The molecule has 0 aliphatic carbocycles. The fourth-order valence-electron chi connectivity index (χ4n) is 4.72. The van der Waals surface area contributed by atoms with Gasteiger partial charge in [-0.15, -0.1) is 0 Å². The second kappa shape index (κ2) is 8.49. The summed E-state index contributed by atoms with van der Waals surface area (Å²) in [4.78, 5) is 13.5. The fraction of sp³-hybridized carbons (Fsp3) is 0.458. The molecule has 4 rings (SSSR count). The summed E-state index contributed by atoms with van der Waals surface area (Å²) in [6.07, 6.45) is -6.48. The van der Waals surface area contributed by atoms with Gasteiger partial charge in [0.25, 0.3) is 5.91 Å². The molecule has 0 bridgehead atoms. The van der Waals surface area contributed by atoms with Crippen molar-refractivity contribution in [1.29, 1.82) is 0 Å². The van der Waals surface area contributed by atoms with E-state index in [-0.39, 0.29) is 18.8 Å². The second-order valence-electron chi connectivity index (χ2n) is 8.87. The summed E-state index contributed by atoms with van der Waals surface area (Å²) in [6, 6.07) is 10.8. The number of hydrogen-bond donors (Lipinski definition) is 1. The Kier molecular flexibility index (Phi) is 6.10. The fourth-order valence-corrected chi connectivity index (χ4v) is 4.72. The molecule has 2 aromatic rings. The molecule has 2 fully saturated rings. The van der Waals surface area contributed by atoms with Gasteiger partial charge >= 0.3 is 6.18 Å². The van der Waals surface area contributed by atoms with E-state index in [1.807, 2.05) is 0 Å². The van der Waals surface area contributed by atoms with Crippen molar-refractivity contribution in [3.63, 3.8) is 0 Å². The SMILES string of the molecule is COc1c([C@H]2[C@H](C(=O)NC3(c4ccccc4)COC3)O[C@@](C)(C(F)(F)F)[C@H]2C)ccc(F)c1F. The van der Waals surface area contributed by atoms with Gasteiger partial charge in [0.15, 0.2) is 17.2 Å². The van der Waals surface area contributed by atoms with Gasteiger partial charge in [-0.2, -0.15) is 17.6 Å².